The van der Waals surface area contributed by atoms with Gasteiger partial charge in [-0.05, 0) is 29.3 Å². The summed E-state index contributed by atoms with van der Waals surface area (Å²) < 4.78 is 7.00. The van der Waals surface area contributed by atoms with Crippen molar-refractivity contribution >= 4 is 40.2 Å². The first kappa shape index (κ1) is 19.3. The molecule has 0 aliphatic carbocycles. The van der Waals surface area contributed by atoms with Crippen LogP contribution in [-0.2, 0) is 11.3 Å². The molecule has 0 spiro atoms. The molecule has 11 heteroatoms. The number of imidazole rings is 1. The summed E-state index contributed by atoms with van der Waals surface area (Å²) in [5.74, 6) is 0.412. The first-order chi connectivity index (χ1) is 13.5. The van der Waals surface area contributed by atoms with Crippen LogP contribution in [0.2, 0.25) is 10.3 Å². The van der Waals surface area contributed by atoms with Crippen molar-refractivity contribution in [2.45, 2.75) is 31.1 Å². The summed E-state index contributed by atoms with van der Waals surface area (Å²) in [5.41, 5.74) is 1.74. The fourth-order valence-corrected chi connectivity index (χ4v) is 3.39. The molecule has 28 heavy (non-hydrogen) atoms. The molecule has 9 nitrogen and oxygen atoms in total. The highest BCUT2D eigenvalue weighted by atomic mass is 35.5. The van der Waals surface area contributed by atoms with Gasteiger partial charge in [0, 0.05) is 11.6 Å². The number of anilines is 1. The van der Waals surface area contributed by atoms with Gasteiger partial charge < -0.3 is 25.4 Å². The second-order valence-corrected chi connectivity index (χ2v) is 7.15. The van der Waals surface area contributed by atoms with E-state index in [-0.39, 0.29) is 5.28 Å². The number of halogens is 2. The molecular formula is C17H17Cl2N5O4. The van der Waals surface area contributed by atoms with Crippen LogP contribution in [0.3, 0.4) is 0 Å². The zero-order valence-electron chi connectivity index (χ0n) is 14.4. The average molecular weight is 426 g/mol. The van der Waals surface area contributed by atoms with Crippen molar-refractivity contribution < 1.29 is 20.1 Å². The number of ether oxygens (including phenoxy) is 1. The van der Waals surface area contributed by atoms with Gasteiger partial charge in [-0.1, -0.05) is 23.7 Å². The van der Waals surface area contributed by atoms with E-state index in [0.717, 1.165) is 5.56 Å². The van der Waals surface area contributed by atoms with E-state index in [0.29, 0.717) is 28.5 Å². The maximum atomic E-state index is 10.3. The number of nitrogens with one attached hydrogen (secondary N) is 1. The molecule has 4 rings (SSSR count). The number of hydrogen-bond acceptors (Lipinski definition) is 8. The number of nitrogens with zero attached hydrogens (tertiary/aromatic N) is 4. The van der Waals surface area contributed by atoms with Crippen LogP contribution in [0.25, 0.3) is 11.2 Å². The maximum Gasteiger partial charge on any atom is 0.226 e. The fraction of sp³-hybridized carbons (Fsp3) is 0.353. The molecule has 148 valence electrons. The Morgan fingerprint density at radius 2 is 1.86 bits per heavy atom. The third-order valence-electron chi connectivity index (χ3n) is 4.56. The van der Waals surface area contributed by atoms with E-state index in [4.69, 9.17) is 27.9 Å². The Kier molecular flexibility index (Phi) is 5.37. The number of aliphatic hydroxyl groups is 3. The molecule has 0 bridgehead atoms. The average Bonchev–Trinajstić information content (AvgIpc) is 3.22. The Bertz CT molecular complexity index is 984. The second-order valence-electron chi connectivity index (χ2n) is 6.37. The number of aromatic nitrogens is 4. The van der Waals surface area contributed by atoms with E-state index in [2.05, 4.69) is 20.3 Å². The number of aliphatic hydroxyl groups excluding tert-OH is 3. The summed E-state index contributed by atoms with van der Waals surface area (Å²) in [4.78, 5) is 12.7. The lowest BCUT2D eigenvalue weighted by atomic mass is 10.1. The van der Waals surface area contributed by atoms with E-state index < -0.39 is 31.1 Å². The zero-order chi connectivity index (χ0) is 19.8. The molecule has 1 fully saturated rings. The van der Waals surface area contributed by atoms with Gasteiger partial charge in [0.2, 0.25) is 5.28 Å². The lowest BCUT2D eigenvalue weighted by Gasteiger charge is -2.16. The van der Waals surface area contributed by atoms with Crippen LogP contribution in [-0.4, -0.2) is 59.8 Å². The van der Waals surface area contributed by atoms with Crippen LogP contribution in [0.5, 0.6) is 0 Å². The van der Waals surface area contributed by atoms with Crippen LogP contribution < -0.4 is 5.32 Å². The molecule has 4 N–H and O–H groups in total. The summed E-state index contributed by atoms with van der Waals surface area (Å²) in [5, 5.41) is 33.3. The number of benzene rings is 1. The summed E-state index contributed by atoms with van der Waals surface area (Å²) in [6.45, 7) is 0.0331. The SMILES string of the molecule is OC[C@H]1O[C@@H](n2cnc3c(NCc4ccc(Cl)cc4)nc(Cl)nc32)[C@@H](O)[C@H]1O. The van der Waals surface area contributed by atoms with Gasteiger partial charge >= 0.3 is 0 Å². The van der Waals surface area contributed by atoms with Crippen molar-refractivity contribution in [3.05, 3.63) is 46.5 Å². The summed E-state index contributed by atoms with van der Waals surface area (Å²) in [6, 6.07) is 7.34. The van der Waals surface area contributed by atoms with Crippen molar-refractivity contribution in [1.29, 1.82) is 0 Å². The van der Waals surface area contributed by atoms with Gasteiger partial charge in [0.05, 0.1) is 12.9 Å². The summed E-state index contributed by atoms with van der Waals surface area (Å²) in [7, 11) is 0. The minimum Gasteiger partial charge on any atom is -0.394 e. The Balaban J connectivity index is 1.64. The highest BCUT2D eigenvalue weighted by Gasteiger charge is 2.44. The monoisotopic (exact) mass is 425 g/mol. The van der Waals surface area contributed by atoms with Crippen molar-refractivity contribution in [3.63, 3.8) is 0 Å². The van der Waals surface area contributed by atoms with Crippen molar-refractivity contribution in [3.8, 4) is 0 Å². The van der Waals surface area contributed by atoms with Gasteiger partial charge in [-0.15, -0.1) is 0 Å². The van der Waals surface area contributed by atoms with Crippen LogP contribution in [0.15, 0.2) is 30.6 Å². The Morgan fingerprint density at radius 1 is 1.11 bits per heavy atom. The minimum absolute atomic E-state index is 0.0143. The molecule has 0 amide bonds. The van der Waals surface area contributed by atoms with Crippen molar-refractivity contribution in [2.75, 3.05) is 11.9 Å². The molecule has 1 saturated heterocycles. The van der Waals surface area contributed by atoms with Crippen LogP contribution in [0.4, 0.5) is 5.82 Å². The van der Waals surface area contributed by atoms with Crippen LogP contribution in [0, 0.1) is 0 Å². The molecule has 1 aliphatic heterocycles. The Labute approximate surface area is 169 Å². The number of fused-ring (bicyclic) bond motifs is 1. The zero-order valence-corrected chi connectivity index (χ0v) is 15.9. The molecule has 3 heterocycles. The summed E-state index contributed by atoms with van der Waals surface area (Å²) in [6.07, 6.45) is -2.94. The Morgan fingerprint density at radius 3 is 2.54 bits per heavy atom. The lowest BCUT2D eigenvalue weighted by Crippen LogP contribution is -2.33. The van der Waals surface area contributed by atoms with E-state index >= 15 is 0 Å². The predicted molar refractivity (Wildman–Crippen MR) is 102 cm³/mol. The highest BCUT2D eigenvalue weighted by Crippen LogP contribution is 2.32. The topological polar surface area (TPSA) is 126 Å². The highest BCUT2D eigenvalue weighted by molar-refractivity contribution is 6.30. The van der Waals surface area contributed by atoms with Crippen LogP contribution >= 0.6 is 23.2 Å². The minimum atomic E-state index is -1.26. The molecule has 0 radical (unpaired) electrons. The van der Waals surface area contributed by atoms with E-state index in [1.165, 1.54) is 10.9 Å². The van der Waals surface area contributed by atoms with Gasteiger partial charge in [0.15, 0.2) is 23.2 Å². The van der Waals surface area contributed by atoms with E-state index in [9.17, 15) is 15.3 Å². The second kappa shape index (κ2) is 7.78. The fourth-order valence-electron chi connectivity index (χ4n) is 3.10. The quantitative estimate of drug-likeness (QED) is 0.451. The smallest absolute Gasteiger partial charge is 0.226 e. The molecular weight excluding hydrogens is 409 g/mol. The Hall–Kier alpha value is -2.01. The first-order valence-electron chi connectivity index (χ1n) is 8.48. The number of hydrogen-bond donors (Lipinski definition) is 4. The normalized spacial score (nSPS) is 24.8. The largest absolute Gasteiger partial charge is 0.394 e. The van der Waals surface area contributed by atoms with Crippen LogP contribution in [0.1, 0.15) is 11.8 Å². The van der Waals surface area contributed by atoms with E-state index in [1.54, 1.807) is 12.1 Å². The van der Waals surface area contributed by atoms with Crippen molar-refractivity contribution in [2.24, 2.45) is 0 Å². The van der Waals surface area contributed by atoms with Gasteiger partial charge in [-0.3, -0.25) is 4.57 Å². The van der Waals surface area contributed by atoms with E-state index in [1.807, 2.05) is 12.1 Å². The molecule has 1 aliphatic rings. The third-order valence-corrected chi connectivity index (χ3v) is 4.98. The number of rotatable bonds is 5. The van der Waals surface area contributed by atoms with Gasteiger partial charge in [0.25, 0.3) is 0 Å². The molecule has 2 aromatic heterocycles. The molecule has 0 saturated carbocycles. The molecule has 1 aromatic carbocycles. The first-order valence-corrected chi connectivity index (χ1v) is 9.24. The summed E-state index contributed by atoms with van der Waals surface area (Å²) >= 11 is 12.0. The van der Waals surface area contributed by atoms with Gasteiger partial charge in [-0.25, -0.2) is 4.98 Å². The molecule has 0 unspecified atom stereocenters. The third kappa shape index (κ3) is 3.52. The lowest BCUT2D eigenvalue weighted by molar-refractivity contribution is -0.0511. The molecule has 3 aromatic rings. The van der Waals surface area contributed by atoms with Gasteiger partial charge in [0.1, 0.15) is 18.3 Å². The van der Waals surface area contributed by atoms with Crippen molar-refractivity contribution in [1.82, 2.24) is 19.5 Å². The maximum absolute atomic E-state index is 10.3. The standard InChI is InChI=1S/C17H17Cl2N5O4/c18-9-3-1-8(2-4-9)5-20-14-11-15(23-17(19)22-14)24(7-21-11)16-13(27)12(26)10(6-25)28-16/h1-4,7,10,12-13,16,25-27H,5-6H2,(H,20,22,23)/t10-,12+,13+,16-/m1/s1. The predicted octanol–water partition coefficient (Wildman–Crippen LogP) is 1.36. The molecule has 4 atom stereocenters. The van der Waals surface area contributed by atoms with Gasteiger partial charge in [-0.2, -0.15) is 9.97 Å².